The molecule has 1 rings (SSSR count). The molecule has 0 saturated carbocycles. The van der Waals surface area contributed by atoms with E-state index < -0.39 is 12.0 Å². The minimum atomic E-state index is -1.22. The number of carbonyl (C=O) groups excluding carboxylic acids is 1. The number of hydrogen-bond donors (Lipinski definition) is 4. The van der Waals surface area contributed by atoms with Crippen molar-refractivity contribution in [3.8, 4) is 5.75 Å². The van der Waals surface area contributed by atoms with Crippen LogP contribution in [-0.4, -0.2) is 53.8 Å². The van der Waals surface area contributed by atoms with Gasteiger partial charge in [-0.25, -0.2) is 9.59 Å². The van der Waals surface area contributed by atoms with Crippen LogP contribution >= 0.6 is 0 Å². The summed E-state index contributed by atoms with van der Waals surface area (Å²) in [6.07, 6.45) is 0. The van der Waals surface area contributed by atoms with Crippen molar-refractivity contribution in [3.63, 3.8) is 0 Å². The molecule has 0 aliphatic carbocycles. The summed E-state index contributed by atoms with van der Waals surface area (Å²) in [6.45, 7) is 4.04. The highest BCUT2D eigenvalue weighted by molar-refractivity contribution is 6.00. The normalized spacial score (nSPS) is 10.3. The molecule has 0 aliphatic rings. The van der Waals surface area contributed by atoms with Crippen LogP contribution in [0.15, 0.2) is 18.2 Å². The van der Waals surface area contributed by atoms with E-state index in [0.29, 0.717) is 13.1 Å². The van der Waals surface area contributed by atoms with Crippen molar-refractivity contribution in [2.75, 3.05) is 32.0 Å². The first-order valence-corrected chi connectivity index (χ1v) is 6.23. The molecule has 0 fully saturated rings. The van der Waals surface area contributed by atoms with Gasteiger partial charge in [-0.2, -0.15) is 0 Å². The lowest BCUT2D eigenvalue weighted by molar-refractivity contribution is 0.0697. The van der Waals surface area contributed by atoms with Crippen LogP contribution in [0, 0.1) is 0 Å². The number of hydrogen-bond acceptors (Lipinski definition) is 4. The third kappa shape index (κ3) is 4.77. The Morgan fingerprint density at radius 2 is 2.05 bits per heavy atom. The number of phenolic OH excluding ortho intramolecular Hbond substituents is 1. The van der Waals surface area contributed by atoms with E-state index in [1.54, 1.807) is 0 Å². The maximum absolute atomic E-state index is 11.6. The zero-order chi connectivity index (χ0) is 15.1. The first kappa shape index (κ1) is 15.8. The van der Waals surface area contributed by atoms with Gasteiger partial charge in [-0.05, 0) is 31.8 Å². The summed E-state index contributed by atoms with van der Waals surface area (Å²) in [4.78, 5) is 24.7. The summed E-state index contributed by atoms with van der Waals surface area (Å²) in [5.41, 5.74) is -0.0255. The number of urea groups is 1. The van der Waals surface area contributed by atoms with Gasteiger partial charge in [0, 0.05) is 13.1 Å². The van der Waals surface area contributed by atoms with E-state index in [4.69, 9.17) is 5.11 Å². The Morgan fingerprint density at radius 3 is 2.65 bits per heavy atom. The molecule has 0 saturated heterocycles. The predicted octanol–water partition coefficient (Wildman–Crippen LogP) is 1.16. The summed E-state index contributed by atoms with van der Waals surface area (Å²) >= 11 is 0. The second-order valence-corrected chi connectivity index (χ2v) is 4.31. The smallest absolute Gasteiger partial charge is 0.337 e. The van der Waals surface area contributed by atoms with Crippen LogP contribution in [-0.2, 0) is 0 Å². The van der Waals surface area contributed by atoms with Crippen LogP contribution in [0.4, 0.5) is 10.5 Å². The Hall–Kier alpha value is -2.28. The van der Waals surface area contributed by atoms with Gasteiger partial charge in [0.15, 0.2) is 0 Å². The molecule has 20 heavy (non-hydrogen) atoms. The molecule has 4 N–H and O–H groups in total. The van der Waals surface area contributed by atoms with Crippen molar-refractivity contribution in [2.24, 2.45) is 0 Å². The molecule has 0 radical (unpaired) electrons. The molecule has 1 aromatic rings. The maximum atomic E-state index is 11.6. The van der Waals surface area contributed by atoms with Gasteiger partial charge in [-0.15, -0.1) is 0 Å². The summed E-state index contributed by atoms with van der Waals surface area (Å²) in [5, 5.41) is 23.3. The van der Waals surface area contributed by atoms with Crippen LogP contribution in [0.5, 0.6) is 5.75 Å². The standard InChI is InChI=1S/C13H19N3O4/c1-3-16(2)7-6-14-13(20)15-11-5-4-9(17)8-10(11)12(18)19/h4-5,8,17H,3,6-7H2,1-2H3,(H,18,19)(H2,14,15,20). The number of amides is 2. The Labute approximate surface area is 117 Å². The Bertz CT molecular complexity index is 491. The van der Waals surface area contributed by atoms with Gasteiger partial charge >= 0.3 is 12.0 Å². The molecule has 0 unspecified atom stereocenters. The van der Waals surface area contributed by atoms with Gasteiger partial charge in [-0.1, -0.05) is 6.92 Å². The number of rotatable bonds is 6. The van der Waals surface area contributed by atoms with E-state index in [1.807, 2.05) is 18.9 Å². The number of benzene rings is 1. The summed E-state index contributed by atoms with van der Waals surface area (Å²) in [5.74, 6) is -1.39. The number of carbonyl (C=O) groups is 2. The van der Waals surface area contributed by atoms with Gasteiger partial charge in [0.25, 0.3) is 0 Å². The number of aromatic hydroxyl groups is 1. The topological polar surface area (TPSA) is 102 Å². The van der Waals surface area contributed by atoms with Crippen molar-refractivity contribution >= 4 is 17.7 Å². The minimum absolute atomic E-state index is 0.136. The molecule has 7 nitrogen and oxygen atoms in total. The maximum Gasteiger partial charge on any atom is 0.337 e. The van der Waals surface area contributed by atoms with E-state index in [2.05, 4.69) is 10.6 Å². The van der Waals surface area contributed by atoms with Crippen molar-refractivity contribution in [1.29, 1.82) is 0 Å². The second-order valence-electron chi connectivity index (χ2n) is 4.31. The minimum Gasteiger partial charge on any atom is -0.508 e. The van der Waals surface area contributed by atoms with Crippen LogP contribution in [0.2, 0.25) is 0 Å². The van der Waals surface area contributed by atoms with Gasteiger partial charge < -0.3 is 25.7 Å². The number of nitrogens with zero attached hydrogens (tertiary/aromatic N) is 1. The molecule has 0 aliphatic heterocycles. The highest BCUT2D eigenvalue weighted by Gasteiger charge is 2.13. The number of likely N-dealkylation sites (N-methyl/N-ethyl adjacent to an activating group) is 1. The van der Waals surface area contributed by atoms with E-state index in [1.165, 1.54) is 12.1 Å². The first-order chi connectivity index (χ1) is 9.43. The zero-order valence-corrected chi connectivity index (χ0v) is 11.5. The summed E-state index contributed by atoms with van der Waals surface area (Å²) in [7, 11) is 1.93. The fraction of sp³-hybridized carbons (Fsp3) is 0.385. The highest BCUT2D eigenvalue weighted by atomic mass is 16.4. The van der Waals surface area contributed by atoms with Gasteiger partial charge in [0.05, 0.1) is 11.3 Å². The molecular formula is C13H19N3O4. The van der Waals surface area contributed by atoms with Crippen molar-refractivity contribution < 1.29 is 19.8 Å². The number of carboxylic acids is 1. The average molecular weight is 281 g/mol. The molecule has 0 spiro atoms. The monoisotopic (exact) mass is 281 g/mol. The fourth-order valence-electron chi connectivity index (χ4n) is 1.50. The Morgan fingerprint density at radius 1 is 1.35 bits per heavy atom. The molecule has 0 atom stereocenters. The Balaban J connectivity index is 2.60. The third-order valence-corrected chi connectivity index (χ3v) is 2.80. The van der Waals surface area contributed by atoms with Gasteiger partial charge in [0.2, 0.25) is 0 Å². The number of phenols is 1. The molecule has 0 bridgehead atoms. The quantitative estimate of drug-likeness (QED) is 0.586. The van der Waals surface area contributed by atoms with Crippen LogP contribution in [0.25, 0.3) is 0 Å². The number of carboxylic acid groups (broad SMARTS) is 1. The van der Waals surface area contributed by atoms with E-state index in [-0.39, 0.29) is 17.0 Å². The molecule has 1 aromatic carbocycles. The first-order valence-electron chi connectivity index (χ1n) is 6.23. The SMILES string of the molecule is CCN(C)CCNC(=O)Nc1ccc(O)cc1C(=O)O. The number of aromatic carboxylic acids is 1. The largest absolute Gasteiger partial charge is 0.508 e. The molecule has 0 aromatic heterocycles. The molecule has 2 amide bonds. The fourth-order valence-corrected chi connectivity index (χ4v) is 1.50. The zero-order valence-electron chi connectivity index (χ0n) is 11.5. The van der Waals surface area contributed by atoms with Crippen LogP contribution in [0.1, 0.15) is 17.3 Å². The predicted molar refractivity (Wildman–Crippen MR) is 75.3 cm³/mol. The highest BCUT2D eigenvalue weighted by Crippen LogP contribution is 2.21. The molecule has 110 valence electrons. The lowest BCUT2D eigenvalue weighted by atomic mass is 10.1. The van der Waals surface area contributed by atoms with Gasteiger partial charge in [0.1, 0.15) is 5.75 Å². The molecule has 7 heteroatoms. The van der Waals surface area contributed by atoms with Crippen LogP contribution in [0.3, 0.4) is 0 Å². The third-order valence-electron chi connectivity index (χ3n) is 2.80. The lowest BCUT2D eigenvalue weighted by Crippen LogP contribution is -2.35. The molecule has 0 heterocycles. The van der Waals surface area contributed by atoms with Crippen molar-refractivity contribution in [3.05, 3.63) is 23.8 Å². The Kier molecular flexibility index (Phi) is 5.79. The second kappa shape index (κ2) is 7.34. The average Bonchev–Trinajstić information content (AvgIpc) is 2.40. The summed E-state index contributed by atoms with van der Waals surface area (Å²) < 4.78 is 0. The van der Waals surface area contributed by atoms with Gasteiger partial charge in [-0.3, -0.25) is 0 Å². The lowest BCUT2D eigenvalue weighted by Gasteiger charge is -2.14. The van der Waals surface area contributed by atoms with E-state index in [9.17, 15) is 14.7 Å². The van der Waals surface area contributed by atoms with E-state index >= 15 is 0 Å². The molecular weight excluding hydrogens is 262 g/mol. The number of nitrogens with one attached hydrogen (secondary N) is 2. The van der Waals surface area contributed by atoms with Crippen molar-refractivity contribution in [2.45, 2.75) is 6.92 Å². The van der Waals surface area contributed by atoms with E-state index in [0.717, 1.165) is 12.6 Å². The van der Waals surface area contributed by atoms with Crippen LogP contribution < -0.4 is 10.6 Å². The number of anilines is 1. The van der Waals surface area contributed by atoms with Crippen molar-refractivity contribution in [1.82, 2.24) is 10.2 Å². The summed E-state index contributed by atoms with van der Waals surface area (Å²) in [6, 6.07) is 3.26.